The molecule has 5 heteroatoms. The van der Waals surface area contributed by atoms with E-state index < -0.39 is 18.2 Å². The molecule has 0 saturated carbocycles. The molecule has 0 aliphatic carbocycles. The summed E-state index contributed by atoms with van der Waals surface area (Å²) in [6, 6.07) is 5.82. The van der Waals surface area contributed by atoms with E-state index in [4.69, 9.17) is 0 Å². The van der Waals surface area contributed by atoms with Gasteiger partial charge in [0.1, 0.15) is 18.3 Å². The molecule has 4 nitrogen and oxygen atoms in total. The summed E-state index contributed by atoms with van der Waals surface area (Å²) in [5.41, 5.74) is 0.685. The first-order valence-corrected chi connectivity index (χ1v) is 8.41. The van der Waals surface area contributed by atoms with Crippen molar-refractivity contribution in [2.45, 2.75) is 37.9 Å². The van der Waals surface area contributed by atoms with Gasteiger partial charge in [-0.05, 0) is 43.2 Å². The van der Waals surface area contributed by atoms with Gasteiger partial charge in [-0.25, -0.2) is 4.39 Å². The molecule has 0 radical (unpaired) electrons. The Morgan fingerprint density at radius 2 is 2.00 bits per heavy atom. The summed E-state index contributed by atoms with van der Waals surface area (Å²) < 4.78 is 17.0. The molecule has 1 aromatic rings. The Balaban J connectivity index is 2.30. The molecular weight excluding hydrogens is 347 g/mol. The minimum atomic E-state index is -0.816. The molecule has 0 aromatic heterocycles. The van der Waals surface area contributed by atoms with Crippen molar-refractivity contribution in [2.24, 2.45) is 0 Å². The fourth-order valence-electron chi connectivity index (χ4n) is 1.88. The molecule has 0 aliphatic rings. The zero-order valence-corrected chi connectivity index (χ0v) is 14.9. The van der Waals surface area contributed by atoms with Crippen LogP contribution >= 0.6 is 0 Å². The van der Waals surface area contributed by atoms with Crippen LogP contribution in [0.15, 0.2) is 48.6 Å². The molecule has 0 spiro atoms. The van der Waals surface area contributed by atoms with Crippen molar-refractivity contribution in [3.8, 4) is 23.7 Å². The molecule has 1 aromatic carbocycles. The summed E-state index contributed by atoms with van der Waals surface area (Å²) in [5.74, 6) is 10.2. The molecule has 0 fully saturated rings. The van der Waals surface area contributed by atoms with E-state index in [2.05, 4.69) is 34.9 Å². The molecule has 2 N–H and O–H groups in total. The number of rotatable bonds is 7. The van der Waals surface area contributed by atoms with Gasteiger partial charge in [0.05, 0.1) is 6.10 Å². The van der Waals surface area contributed by atoms with Crippen LogP contribution in [-0.4, -0.2) is 35.2 Å². The lowest BCUT2D eigenvalue weighted by Gasteiger charge is -1.98. The summed E-state index contributed by atoms with van der Waals surface area (Å²) in [6.07, 6.45) is 6.13. The van der Waals surface area contributed by atoms with Crippen LogP contribution in [0.4, 0.5) is 4.39 Å². The van der Waals surface area contributed by atoms with Crippen molar-refractivity contribution >= 4 is 12.8 Å². The Bertz CT molecular complexity index is 786. The lowest BCUT2D eigenvalue weighted by Crippen LogP contribution is -2.04. The average molecular weight is 369 g/mol. The summed E-state index contributed by atoms with van der Waals surface area (Å²) in [5, 5.41) is 19.4. The monoisotopic (exact) mass is 369 g/mol. The summed E-state index contributed by atoms with van der Waals surface area (Å²) in [7, 11) is 0. The highest BCUT2D eigenvalue weighted by Gasteiger charge is 2.11. The largest absolute Gasteiger partial charge is 0.579 e. The molecule has 0 aliphatic heterocycles. The van der Waals surface area contributed by atoms with E-state index in [9.17, 15) is 19.4 Å². The number of halogens is 1. The van der Waals surface area contributed by atoms with Crippen molar-refractivity contribution in [1.82, 2.24) is 0 Å². The molecule has 0 saturated heterocycles. The summed E-state index contributed by atoms with van der Waals surface area (Å²) in [6.45, 7) is 3.01. The van der Waals surface area contributed by atoms with Gasteiger partial charge in [0, 0.05) is 16.8 Å². The fraction of sp³-hybridized carbons (Fsp3) is 0.273. The van der Waals surface area contributed by atoms with Crippen molar-refractivity contribution in [1.29, 1.82) is 0 Å². The summed E-state index contributed by atoms with van der Waals surface area (Å²) >= 11 is 0. The van der Waals surface area contributed by atoms with Crippen LogP contribution in [0.3, 0.4) is 0 Å². The quantitative estimate of drug-likeness (QED) is 0.441. The van der Waals surface area contributed by atoms with E-state index >= 15 is 0 Å². The maximum Gasteiger partial charge on any atom is 0.579 e. The SMILES string of the molecule is C=[O+]C(=O)CCCC(O)C#C/C=C/C=C/C(O)CC#Cc1ccc(F)cc1. The van der Waals surface area contributed by atoms with Gasteiger partial charge in [-0.15, -0.1) is 0 Å². The van der Waals surface area contributed by atoms with Gasteiger partial charge in [0.2, 0.25) is 0 Å². The van der Waals surface area contributed by atoms with E-state index in [1.54, 1.807) is 36.4 Å². The number of benzene rings is 1. The first-order valence-electron chi connectivity index (χ1n) is 8.41. The van der Waals surface area contributed by atoms with Crippen molar-refractivity contribution in [3.63, 3.8) is 0 Å². The van der Waals surface area contributed by atoms with E-state index in [-0.39, 0.29) is 18.7 Å². The second-order valence-corrected chi connectivity index (χ2v) is 5.54. The number of allylic oxidation sites excluding steroid dienone is 3. The highest BCUT2D eigenvalue weighted by Crippen LogP contribution is 2.02. The normalized spacial score (nSPS) is 12.7. The van der Waals surface area contributed by atoms with Crippen LogP contribution in [0, 0.1) is 29.5 Å². The van der Waals surface area contributed by atoms with Crippen molar-refractivity contribution in [2.75, 3.05) is 0 Å². The highest BCUT2D eigenvalue weighted by atomic mass is 19.1. The van der Waals surface area contributed by atoms with Crippen LogP contribution in [0.5, 0.6) is 0 Å². The number of aliphatic hydroxyl groups excluding tert-OH is 2. The summed E-state index contributed by atoms with van der Waals surface area (Å²) in [4.78, 5) is 10.9. The second-order valence-electron chi connectivity index (χ2n) is 5.54. The molecular formula is C22H22FO4+. The molecule has 2 atom stereocenters. The van der Waals surface area contributed by atoms with Crippen LogP contribution in [0.1, 0.15) is 31.2 Å². The Hall–Kier alpha value is -2.99. The van der Waals surface area contributed by atoms with Gasteiger partial charge in [-0.3, -0.25) is 4.42 Å². The van der Waals surface area contributed by atoms with E-state index in [1.807, 2.05) is 0 Å². The maximum atomic E-state index is 12.8. The zero-order valence-electron chi connectivity index (χ0n) is 14.9. The lowest BCUT2D eigenvalue weighted by atomic mass is 10.1. The topological polar surface area (TPSA) is 68.8 Å². The van der Waals surface area contributed by atoms with Crippen molar-refractivity contribution < 1.29 is 23.8 Å². The molecule has 140 valence electrons. The van der Waals surface area contributed by atoms with Crippen LogP contribution in [0.25, 0.3) is 0 Å². The van der Waals surface area contributed by atoms with Gasteiger partial charge >= 0.3 is 5.97 Å². The van der Waals surface area contributed by atoms with E-state index in [1.165, 1.54) is 12.1 Å². The fourth-order valence-corrected chi connectivity index (χ4v) is 1.88. The van der Waals surface area contributed by atoms with Crippen LogP contribution < -0.4 is 0 Å². The molecule has 0 bridgehead atoms. The van der Waals surface area contributed by atoms with Crippen molar-refractivity contribution in [3.05, 3.63) is 60.0 Å². The minimum absolute atomic E-state index is 0.197. The smallest absolute Gasteiger partial charge is 0.388 e. The molecule has 0 amide bonds. The Labute approximate surface area is 158 Å². The van der Waals surface area contributed by atoms with Gasteiger partial charge in [0.25, 0.3) is 0 Å². The molecule has 27 heavy (non-hydrogen) atoms. The predicted molar refractivity (Wildman–Crippen MR) is 102 cm³/mol. The number of hydrogen-bond donors (Lipinski definition) is 2. The lowest BCUT2D eigenvalue weighted by molar-refractivity contribution is -0.369. The number of aliphatic hydroxyl groups is 2. The zero-order chi connectivity index (χ0) is 19.9. The maximum absolute atomic E-state index is 12.8. The van der Waals surface area contributed by atoms with Crippen LogP contribution in [0.2, 0.25) is 0 Å². The predicted octanol–water partition coefficient (Wildman–Crippen LogP) is 2.47. The third-order valence-corrected chi connectivity index (χ3v) is 3.28. The Morgan fingerprint density at radius 3 is 2.70 bits per heavy atom. The Kier molecular flexibility index (Phi) is 10.8. The third-order valence-electron chi connectivity index (χ3n) is 3.28. The Morgan fingerprint density at radius 1 is 1.26 bits per heavy atom. The van der Waals surface area contributed by atoms with E-state index in [0.29, 0.717) is 18.4 Å². The highest BCUT2D eigenvalue weighted by molar-refractivity contribution is 5.66. The standard InChI is InChI=1S/C22H22FO4/c1-27-22(26)13-7-12-21(25)10-5-3-2-4-9-20(24)11-6-8-18-14-16-19(23)17-15-18/h2-4,9,14-17,20-21,24-25H,1,7,11-13H2/q+1/b3-2+,9-4+. The minimum Gasteiger partial charge on any atom is -0.388 e. The first-order chi connectivity index (χ1) is 13.0. The van der Waals surface area contributed by atoms with E-state index in [0.717, 1.165) is 0 Å². The number of hydrogen-bond acceptors (Lipinski definition) is 3. The molecule has 1 rings (SSSR count). The van der Waals surface area contributed by atoms with Gasteiger partial charge in [-0.2, -0.15) is 0 Å². The third kappa shape index (κ3) is 11.3. The van der Waals surface area contributed by atoms with Crippen LogP contribution in [-0.2, 0) is 9.22 Å². The van der Waals surface area contributed by atoms with Gasteiger partial charge in [-0.1, -0.05) is 41.9 Å². The molecule has 2 unspecified atom stereocenters. The first kappa shape index (κ1) is 22.1. The second kappa shape index (κ2) is 13.2. The average Bonchev–Trinajstić information content (AvgIpc) is 2.66. The molecule has 0 heterocycles. The van der Waals surface area contributed by atoms with Gasteiger partial charge < -0.3 is 10.2 Å². The number of carbonyl (C=O) groups excluding carboxylic acids is 2. The van der Waals surface area contributed by atoms with Gasteiger partial charge in [0.15, 0.2) is 6.79 Å². The number of carbonyl (C=O) groups is 1.